The Hall–Kier alpha value is -1.56. The van der Waals surface area contributed by atoms with Crippen molar-refractivity contribution in [1.29, 1.82) is 0 Å². The smallest absolute Gasteiger partial charge is 0.0149 e. The van der Waals surface area contributed by atoms with Crippen molar-refractivity contribution in [3.8, 4) is 11.1 Å². The van der Waals surface area contributed by atoms with Crippen LogP contribution in [0.4, 0.5) is 0 Å². The van der Waals surface area contributed by atoms with E-state index in [0.717, 1.165) is 0 Å². The van der Waals surface area contributed by atoms with Crippen LogP contribution < -0.4 is 0 Å². The van der Waals surface area contributed by atoms with E-state index < -0.39 is 0 Å². The van der Waals surface area contributed by atoms with Gasteiger partial charge in [0.1, 0.15) is 0 Å². The number of aryl methyl sites for hydroxylation is 2. The molecule has 0 saturated carbocycles. The molecule has 0 radical (unpaired) electrons. The van der Waals surface area contributed by atoms with E-state index in [1.54, 1.807) is 11.1 Å². The summed E-state index contributed by atoms with van der Waals surface area (Å²) in [5.74, 6) is 0. The summed E-state index contributed by atoms with van der Waals surface area (Å²) in [7, 11) is 0. The van der Waals surface area contributed by atoms with E-state index in [9.17, 15) is 0 Å². The fraction of sp³-hybridized carbons (Fsp3) is 0.676. The first kappa shape index (κ1) is 31.7. The highest BCUT2D eigenvalue weighted by Crippen LogP contribution is 2.29. The van der Waals surface area contributed by atoms with E-state index in [0.29, 0.717) is 0 Å². The maximum atomic E-state index is 2.38. The van der Waals surface area contributed by atoms with Crippen LogP contribution in [0.1, 0.15) is 160 Å². The van der Waals surface area contributed by atoms with Gasteiger partial charge in [-0.05, 0) is 47.9 Å². The molecule has 0 atom stereocenters. The van der Waals surface area contributed by atoms with Crippen LogP contribution in [-0.2, 0) is 12.8 Å². The van der Waals surface area contributed by atoms with Crippen molar-refractivity contribution in [3.63, 3.8) is 0 Å². The molecule has 0 bridgehead atoms. The van der Waals surface area contributed by atoms with E-state index in [2.05, 4.69) is 62.4 Å². The van der Waals surface area contributed by atoms with Crippen molar-refractivity contribution in [3.05, 3.63) is 59.7 Å². The average Bonchev–Trinajstić information content (AvgIpc) is 2.93. The standard InChI is InChI=1S/C37H60/c1-3-5-7-9-11-13-15-17-19-21-23-29-35-31-25-27-33-37(35)36-32-26-24-30-34(36)28-22-20-18-16-14-12-10-8-6-4-2/h24-27,30-33H,3-23,28-29H2,1-2H3. The van der Waals surface area contributed by atoms with E-state index in [1.807, 2.05) is 0 Å². The summed E-state index contributed by atoms with van der Waals surface area (Å²) in [6, 6.07) is 18.4. The first-order chi connectivity index (χ1) is 18.4. The summed E-state index contributed by atoms with van der Waals surface area (Å²) in [6.07, 6.45) is 32.1. The Morgan fingerprint density at radius 3 is 0.919 bits per heavy atom. The molecule has 37 heavy (non-hydrogen) atoms. The molecule has 0 nitrogen and oxygen atoms in total. The van der Waals surface area contributed by atoms with Gasteiger partial charge < -0.3 is 0 Å². The minimum Gasteiger partial charge on any atom is -0.0654 e. The molecule has 0 N–H and O–H groups in total. The van der Waals surface area contributed by atoms with E-state index in [1.165, 1.54) is 159 Å². The molecular weight excluding hydrogens is 444 g/mol. The van der Waals surface area contributed by atoms with Crippen LogP contribution in [0.5, 0.6) is 0 Å². The van der Waals surface area contributed by atoms with Crippen LogP contribution in [0, 0.1) is 0 Å². The minimum absolute atomic E-state index is 1.22. The van der Waals surface area contributed by atoms with Crippen LogP contribution in [0.25, 0.3) is 11.1 Å². The van der Waals surface area contributed by atoms with E-state index in [-0.39, 0.29) is 0 Å². The second kappa shape index (κ2) is 22.4. The summed E-state index contributed by atoms with van der Waals surface area (Å²) in [5.41, 5.74) is 6.07. The topological polar surface area (TPSA) is 0 Å². The molecule has 0 saturated heterocycles. The van der Waals surface area contributed by atoms with Crippen LogP contribution in [0.2, 0.25) is 0 Å². The third kappa shape index (κ3) is 14.8. The van der Waals surface area contributed by atoms with Gasteiger partial charge in [0.15, 0.2) is 0 Å². The van der Waals surface area contributed by atoms with Crippen molar-refractivity contribution < 1.29 is 0 Å². The first-order valence-corrected chi connectivity index (χ1v) is 16.5. The van der Waals surface area contributed by atoms with Gasteiger partial charge in [0.2, 0.25) is 0 Å². The number of benzene rings is 2. The van der Waals surface area contributed by atoms with Gasteiger partial charge in [0.05, 0.1) is 0 Å². The lowest BCUT2D eigenvalue weighted by Gasteiger charge is -2.14. The Balaban J connectivity index is 1.69. The molecule has 0 aromatic heterocycles. The summed E-state index contributed by atoms with van der Waals surface area (Å²) in [6.45, 7) is 4.60. The van der Waals surface area contributed by atoms with Gasteiger partial charge in [0, 0.05) is 0 Å². The number of hydrogen-bond acceptors (Lipinski definition) is 0. The second-order valence-corrected chi connectivity index (χ2v) is 11.5. The quantitative estimate of drug-likeness (QED) is 0.125. The lowest BCUT2D eigenvalue weighted by molar-refractivity contribution is 0.549. The van der Waals surface area contributed by atoms with Crippen molar-refractivity contribution in [1.82, 2.24) is 0 Å². The second-order valence-electron chi connectivity index (χ2n) is 11.5. The Bertz CT molecular complexity index is 773. The van der Waals surface area contributed by atoms with Crippen molar-refractivity contribution in [2.45, 2.75) is 162 Å². The van der Waals surface area contributed by atoms with Crippen molar-refractivity contribution in [2.24, 2.45) is 0 Å². The first-order valence-electron chi connectivity index (χ1n) is 16.5. The predicted octanol–water partition coefficient (Wildman–Crippen LogP) is 12.7. The molecule has 2 aromatic carbocycles. The molecule has 2 aromatic rings. The summed E-state index contributed by atoms with van der Waals surface area (Å²) in [4.78, 5) is 0. The molecule has 0 aliphatic heterocycles. The number of hydrogen-bond donors (Lipinski definition) is 0. The highest BCUT2D eigenvalue weighted by Gasteiger charge is 2.09. The highest BCUT2D eigenvalue weighted by molar-refractivity contribution is 5.70. The fourth-order valence-electron chi connectivity index (χ4n) is 5.78. The van der Waals surface area contributed by atoms with Crippen LogP contribution >= 0.6 is 0 Å². The van der Waals surface area contributed by atoms with Gasteiger partial charge in [-0.2, -0.15) is 0 Å². The predicted molar refractivity (Wildman–Crippen MR) is 168 cm³/mol. The normalized spacial score (nSPS) is 11.3. The van der Waals surface area contributed by atoms with E-state index in [4.69, 9.17) is 0 Å². The minimum atomic E-state index is 1.22. The van der Waals surface area contributed by atoms with Gasteiger partial charge in [-0.25, -0.2) is 0 Å². The molecule has 0 heterocycles. The van der Waals surface area contributed by atoms with Crippen molar-refractivity contribution in [2.75, 3.05) is 0 Å². The maximum absolute atomic E-state index is 2.38. The molecule has 0 heteroatoms. The summed E-state index contributed by atoms with van der Waals surface area (Å²) in [5, 5.41) is 0. The van der Waals surface area contributed by atoms with Crippen LogP contribution in [0.15, 0.2) is 48.5 Å². The molecule has 0 unspecified atom stereocenters. The molecular formula is C37H60. The Morgan fingerprint density at radius 2 is 0.595 bits per heavy atom. The highest BCUT2D eigenvalue weighted by atomic mass is 14.1. The maximum Gasteiger partial charge on any atom is -0.0149 e. The third-order valence-electron chi connectivity index (χ3n) is 8.17. The van der Waals surface area contributed by atoms with Gasteiger partial charge in [0.25, 0.3) is 0 Å². The van der Waals surface area contributed by atoms with Crippen molar-refractivity contribution >= 4 is 0 Å². The molecule has 0 aliphatic carbocycles. The zero-order valence-electron chi connectivity index (χ0n) is 24.9. The fourth-order valence-corrected chi connectivity index (χ4v) is 5.78. The monoisotopic (exact) mass is 504 g/mol. The molecule has 2 rings (SSSR count). The van der Waals surface area contributed by atoms with E-state index >= 15 is 0 Å². The summed E-state index contributed by atoms with van der Waals surface area (Å²) < 4.78 is 0. The lowest BCUT2D eigenvalue weighted by Crippen LogP contribution is -1.95. The average molecular weight is 505 g/mol. The molecule has 208 valence electrons. The van der Waals surface area contributed by atoms with Gasteiger partial charge >= 0.3 is 0 Å². The van der Waals surface area contributed by atoms with Gasteiger partial charge in [-0.1, -0.05) is 184 Å². The molecule has 0 aliphatic rings. The zero-order chi connectivity index (χ0) is 26.2. The Morgan fingerprint density at radius 1 is 0.324 bits per heavy atom. The molecule has 0 fully saturated rings. The molecule has 0 amide bonds. The van der Waals surface area contributed by atoms with Gasteiger partial charge in [-0.3, -0.25) is 0 Å². The number of rotatable bonds is 24. The summed E-state index contributed by atoms with van der Waals surface area (Å²) >= 11 is 0. The third-order valence-corrected chi connectivity index (χ3v) is 8.17. The zero-order valence-corrected chi connectivity index (χ0v) is 24.9. The Labute approximate surface area is 232 Å². The largest absolute Gasteiger partial charge is 0.0654 e. The Kier molecular flexibility index (Phi) is 19.2. The van der Waals surface area contributed by atoms with Crippen LogP contribution in [-0.4, -0.2) is 0 Å². The van der Waals surface area contributed by atoms with Crippen LogP contribution in [0.3, 0.4) is 0 Å². The molecule has 0 spiro atoms. The number of unbranched alkanes of at least 4 members (excludes halogenated alkanes) is 19. The lowest BCUT2D eigenvalue weighted by atomic mass is 9.90. The van der Waals surface area contributed by atoms with Gasteiger partial charge in [-0.15, -0.1) is 0 Å². The SMILES string of the molecule is CCCCCCCCCCCCCc1ccccc1-c1ccccc1CCCCCCCCCCCC.